The van der Waals surface area contributed by atoms with E-state index in [4.69, 9.17) is 0 Å². The number of carbonyl (C=O) groups is 1. The highest BCUT2D eigenvalue weighted by Crippen LogP contribution is 2.18. The number of hydrogen-bond acceptors (Lipinski definition) is 4. The molecule has 24 heavy (non-hydrogen) atoms. The minimum absolute atomic E-state index is 0.148. The molecular weight excluding hydrogens is 304 g/mol. The smallest absolute Gasteiger partial charge is 0.254 e. The monoisotopic (exact) mass is 336 g/mol. The first-order valence-corrected chi connectivity index (χ1v) is 9.16. The number of carbonyl (C=O) groups excluding carboxylic acids is 1. The first-order valence-electron chi connectivity index (χ1n) is 9.16. The first kappa shape index (κ1) is 18.9. The summed E-state index contributed by atoms with van der Waals surface area (Å²) in [4.78, 5) is 14.7. The third kappa shape index (κ3) is 5.05. The molecule has 1 unspecified atom stereocenters. The number of aromatic nitrogens is 2. The molecule has 2 rings (SSSR count). The van der Waals surface area contributed by atoms with Gasteiger partial charge in [-0.25, -0.2) is 0 Å². The molecule has 6 nitrogen and oxygen atoms in total. The van der Waals surface area contributed by atoms with Crippen molar-refractivity contribution in [3.8, 4) is 0 Å². The van der Waals surface area contributed by atoms with E-state index in [-0.39, 0.29) is 18.4 Å². The van der Waals surface area contributed by atoms with Crippen LogP contribution in [0.3, 0.4) is 0 Å². The summed E-state index contributed by atoms with van der Waals surface area (Å²) < 4.78 is 1.79. The van der Waals surface area contributed by atoms with Crippen LogP contribution in [0.1, 0.15) is 62.5 Å². The fourth-order valence-electron chi connectivity index (χ4n) is 3.11. The minimum Gasteiger partial charge on any atom is -0.390 e. The van der Waals surface area contributed by atoms with E-state index in [0.29, 0.717) is 12.1 Å². The summed E-state index contributed by atoms with van der Waals surface area (Å²) in [6.07, 6.45) is 3.63. The quantitative estimate of drug-likeness (QED) is 0.797. The molecule has 1 aromatic heterocycles. The van der Waals surface area contributed by atoms with Gasteiger partial charge in [-0.3, -0.25) is 9.48 Å². The van der Waals surface area contributed by atoms with Gasteiger partial charge in [-0.1, -0.05) is 20.8 Å². The number of nitrogens with one attached hydrogen (secondary N) is 1. The van der Waals surface area contributed by atoms with E-state index in [1.54, 1.807) is 10.9 Å². The van der Waals surface area contributed by atoms with Crippen LogP contribution in [0.15, 0.2) is 6.20 Å². The Kier molecular flexibility index (Phi) is 6.80. The van der Waals surface area contributed by atoms with Gasteiger partial charge in [0.1, 0.15) is 0 Å². The third-order valence-electron chi connectivity index (χ3n) is 4.75. The van der Waals surface area contributed by atoms with Gasteiger partial charge in [0.15, 0.2) is 0 Å². The van der Waals surface area contributed by atoms with Crippen LogP contribution < -0.4 is 5.32 Å². The van der Waals surface area contributed by atoms with Crippen molar-refractivity contribution < 1.29 is 9.90 Å². The second kappa shape index (κ2) is 8.62. The van der Waals surface area contributed by atoms with Gasteiger partial charge in [0, 0.05) is 25.8 Å². The number of aliphatic hydroxyl groups is 1. The number of β-amino-alcohol motifs (C(OH)–C–C–N with tert-alkyl or cyclic N) is 1. The van der Waals surface area contributed by atoms with Crippen molar-refractivity contribution >= 4 is 5.91 Å². The maximum absolute atomic E-state index is 12.4. The zero-order valence-electron chi connectivity index (χ0n) is 15.5. The minimum atomic E-state index is -0.536. The fourth-order valence-corrected chi connectivity index (χ4v) is 3.11. The Morgan fingerprint density at radius 3 is 2.67 bits per heavy atom. The summed E-state index contributed by atoms with van der Waals surface area (Å²) in [5, 5.41) is 17.5. The van der Waals surface area contributed by atoms with Gasteiger partial charge < -0.3 is 15.3 Å². The van der Waals surface area contributed by atoms with Crippen LogP contribution in [0, 0.1) is 5.92 Å². The maximum atomic E-state index is 12.4. The van der Waals surface area contributed by atoms with Crippen molar-refractivity contribution in [2.45, 2.75) is 59.1 Å². The van der Waals surface area contributed by atoms with Crippen molar-refractivity contribution in [3.05, 3.63) is 17.5 Å². The van der Waals surface area contributed by atoms with E-state index in [0.717, 1.165) is 31.2 Å². The summed E-state index contributed by atoms with van der Waals surface area (Å²) in [5.74, 6) is 0.825. The van der Waals surface area contributed by atoms with Crippen molar-refractivity contribution in [1.29, 1.82) is 0 Å². The molecule has 1 aromatic rings. The van der Waals surface area contributed by atoms with Gasteiger partial charge in [-0.15, -0.1) is 0 Å². The van der Waals surface area contributed by atoms with E-state index in [1.807, 2.05) is 20.8 Å². The van der Waals surface area contributed by atoms with E-state index in [1.165, 1.54) is 12.8 Å². The molecule has 6 heteroatoms. The molecule has 0 radical (unpaired) electrons. The van der Waals surface area contributed by atoms with Crippen LogP contribution in [0.5, 0.6) is 0 Å². The Labute approximate surface area is 145 Å². The van der Waals surface area contributed by atoms with Crippen molar-refractivity contribution in [2.75, 3.05) is 26.2 Å². The summed E-state index contributed by atoms with van der Waals surface area (Å²) >= 11 is 0. The number of likely N-dealkylation sites (tertiary alicyclic amines) is 1. The Morgan fingerprint density at radius 2 is 2.08 bits per heavy atom. The largest absolute Gasteiger partial charge is 0.390 e. The Hall–Kier alpha value is -1.40. The number of nitrogens with zero attached hydrogens (tertiary/aromatic N) is 3. The Bertz CT molecular complexity index is 533. The van der Waals surface area contributed by atoms with Gasteiger partial charge in [0.05, 0.1) is 17.4 Å². The normalized spacial score (nSPS) is 18.1. The zero-order chi connectivity index (χ0) is 17.7. The first-order chi connectivity index (χ1) is 11.4. The number of amides is 1. The summed E-state index contributed by atoms with van der Waals surface area (Å²) in [5.41, 5.74) is 1.43. The van der Waals surface area contributed by atoms with Crippen LogP contribution in [-0.2, 0) is 6.54 Å². The van der Waals surface area contributed by atoms with Crippen LogP contribution in [0.25, 0.3) is 0 Å². The molecule has 2 N–H and O–H groups in total. The molecule has 0 spiro atoms. The van der Waals surface area contributed by atoms with Crippen LogP contribution >= 0.6 is 0 Å². The van der Waals surface area contributed by atoms with E-state index >= 15 is 0 Å². The highest BCUT2D eigenvalue weighted by molar-refractivity contribution is 5.95. The lowest BCUT2D eigenvalue weighted by atomic mass is 9.99. The zero-order valence-corrected chi connectivity index (χ0v) is 15.5. The van der Waals surface area contributed by atoms with Crippen molar-refractivity contribution in [1.82, 2.24) is 20.0 Å². The molecule has 1 saturated heterocycles. The van der Waals surface area contributed by atoms with Crippen molar-refractivity contribution in [2.24, 2.45) is 5.92 Å². The molecule has 1 amide bonds. The molecule has 0 saturated carbocycles. The highest BCUT2D eigenvalue weighted by atomic mass is 16.3. The number of aryl methyl sites for hydroxylation is 1. The summed E-state index contributed by atoms with van der Waals surface area (Å²) in [6.45, 7) is 12.1. The van der Waals surface area contributed by atoms with Crippen LogP contribution in [0.2, 0.25) is 0 Å². The molecule has 1 aliphatic rings. The second-order valence-electron chi connectivity index (χ2n) is 7.29. The third-order valence-corrected chi connectivity index (χ3v) is 4.75. The van der Waals surface area contributed by atoms with E-state index in [9.17, 15) is 9.90 Å². The van der Waals surface area contributed by atoms with Gasteiger partial charge in [-0.2, -0.15) is 5.10 Å². The van der Waals surface area contributed by atoms with Crippen LogP contribution in [0.4, 0.5) is 0 Å². The SMILES string of the molecule is CCn1cc(C(=O)NCC(O)CN2CCC(C)CC2)c(C(C)C)n1. The lowest BCUT2D eigenvalue weighted by molar-refractivity contribution is 0.0794. The van der Waals surface area contributed by atoms with Crippen LogP contribution in [-0.4, -0.2) is 58.0 Å². The molecule has 2 heterocycles. The predicted molar refractivity (Wildman–Crippen MR) is 95.2 cm³/mol. The number of rotatable bonds is 7. The standard InChI is InChI=1S/C18H32N4O2/c1-5-22-12-16(17(20-22)13(2)3)18(24)19-10-15(23)11-21-8-6-14(4)7-9-21/h12-15,23H,5-11H2,1-4H3,(H,19,24). The Morgan fingerprint density at radius 1 is 1.42 bits per heavy atom. The maximum Gasteiger partial charge on any atom is 0.254 e. The fraction of sp³-hybridized carbons (Fsp3) is 0.778. The average Bonchev–Trinajstić information content (AvgIpc) is 2.99. The van der Waals surface area contributed by atoms with Crippen molar-refractivity contribution in [3.63, 3.8) is 0 Å². The second-order valence-corrected chi connectivity index (χ2v) is 7.29. The molecule has 1 atom stereocenters. The lowest BCUT2D eigenvalue weighted by Crippen LogP contribution is -2.43. The number of hydrogen-bond donors (Lipinski definition) is 2. The summed E-state index contributed by atoms with van der Waals surface area (Å²) in [7, 11) is 0. The molecule has 136 valence electrons. The van der Waals surface area contributed by atoms with Gasteiger partial charge >= 0.3 is 0 Å². The summed E-state index contributed by atoms with van der Waals surface area (Å²) in [6, 6.07) is 0. The molecular formula is C18H32N4O2. The van der Waals surface area contributed by atoms with Gasteiger partial charge in [0.25, 0.3) is 5.91 Å². The molecule has 0 aliphatic carbocycles. The van der Waals surface area contributed by atoms with Gasteiger partial charge in [-0.05, 0) is 44.7 Å². The van der Waals surface area contributed by atoms with E-state index in [2.05, 4.69) is 22.2 Å². The molecule has 0 bridgehead atoms. The lowest BCUT2D eigenvalue weighted by Gasteiger charge is -2.31. The number of piperidine rings is 1. The highest BCUT2D eigenvalue weighted by Gasteiger charge is 2.21. The topological polar surface area (TPSA) is 70.4 Å². The molecule has 1 aliphatic heterocycles. The van der Waals surface area contributed by atoms with Gasteiger partial charge in [0.2, 0.25) is 0 Å². The Balaban J connectivity index is 1.85. The average molecular weight is 336 g/mol. The number of aliphatic hydroxyl groups excluding tert-OH is 1. The molecule has 1 fully saturated rings. The molecule has 0 aromatic carbocycles. The van der Waals surface area contributed by atoms with E-state index < -0.39 is 6.10 Å². The predicted octanol–water partition coefficient (Wildman–Crippen LogP) is 1.85.